The molecule has 2 aromatic heterocycles. The highest BCUT2D eigenvalue weighted by Gasteiger charge is 2.18. The standard InChI is InChI=1S/C20H23N3O3S/c1-13-19(20(25)21-11-6-12-24)27-17(22-13)10-9-16-14(2)26-23-18(16)15-7-4-3-5-8-15/h3-5,7-8,24H,6,9-12H2,1-2H3,(H,21,25). The molecule has 6 nitrogen and oxygen atoms in total. The third-order valence-corrected chi connectivity index (χ3v) is 5.50. The number of nitrogens with zero attached hydrogens (tertiary/aromatic N) is 2. The van der Waals surface area contributed by atoms with Gasteiger partial charge in [0.25, 0.3) is 5.91 Å². The van der Waals surface area contributed by atoms with Crippen molar-refractivity contribution in [2.75, 3.05) is 13.2 Å². The van der Waals surface area contributed by atoms with Crippen LogP contribution in [-0.2, 0) is 12.8 Å². The van der Waals surface area contributed by atoms with Gasteiger partial charge in [-0.05, 0) is 26.7 Å². The number of aliphatic hydroxyl groups is 1. The van der Waals surface area contributed by atoms with E-state index in [1.807, 2.05) is 44.2 Å². The van der Waals surface area contributed by atoms with Gasteiger partial charge in [0.05, 0.1) is 10.7 Å². The van der Waals surface area contributed by atoms with Crippen LogP contribution in [0.15, 0.2) is 34.9 Å². The Hall–Kier alpha value is -2.51. The quantitative estimate of drug-likeness (QED) is 0.581. The van der Waals surface area contributed by atoms with Crippen molar-refractivity contribution in [2.45, 2.75) is 33.1 Å². The van der Waals surface area contributed by atoms with Crippen LogP contribution >= 0.6 is 11.3 Å². The van der Waals surface area contributed by atoms with E-state index in [2.05, 4.69) is 15.5 Å². The first-order valence-corrected chi connectivity index (χ1v) is 9.77. The second-order valence-corrected chi connectivity index (χ2v) is 7.37. The molecular formula is C20H23N3O3S. The van der Waals surface area contributed by atoms with Crippen LogP contribution in [0.1, 0.15) is 38.1 Å². The van der Waals surface area contributed by atoms with Crippen LogP contribution in [0.25, 0.3) is 11.3 Å². The Balaban J connectivity index is 1.70. The molecule has 0 aliphatic heterocycles. The lowest BCUT2D eigenvalue weighted by atomic mass is 10.0. The second-order valence-electron chi connectivity index (χ2n) is 6.29. The monoisotopic (exact) mass is 385 g/mol. The van der Waals surface area contributed by atoms with Crippen LogP contribution in [0.4, 0.5) is 0 Å². The fourth-order valence-corrected chi connectivity index (χ4v) is 3.85. The summed E-state index contributed by atoms with van der Waals surface area (Å²) in [6, 6.07) is 9.97. The number of aromatic nitrogens is 2. The minimum absolute atomic E-state index is 0.0645. The molecule has 1 amide bonds. The molecule has 0 fully saturated rings. The lowest BCUT2D eigenvalue weighted by Crippen LogP contribution is -2.24. The summed E-state index contributed by atoms with van der Waals surface area (Å²) in [4.78, 5) is 17.4. The van der Waals surface area contributed by atoms with Crippen LogP contribution in [0, 0.1) is 13.8 Å². The third-order valence-electron chi connectivity index (χ3n) is 4.29. The minimum Gasteiger partial charge on any atom is -0.396 e. The molecule has 142 valence electrons. The number of rotatable bonds is 8. The van der Waals surface area contributed by atoms with E-state index in [-0.39, 0.29) is 12.5 Å². The zero-order valence-electron chi connectivity index (χ0n) is 15.5. The summed E-state index contributed by atoms with van der Waals surface area (Å²) in [6.45, 7) is 4.29. The topological polar surface area (TPSA) is 88.2 Å². The van der Waals surface area contributed by atoms with E-state index in [0.29, 0.717) is 17.8 Å². The summed E-state index contributed by atoms with van der Waals surface area (Å²) in [5.41, 5.74) is 3.71. The largest absolute Gasteiger partial charge is 0.396 e. The first-order chi connectivity index (χ1) is 13.1. The summed E-state index contributed by atoms with van der Waals surface area (Å²) >= 11 is 1.42. The summed E-state index contributed by atoms with van der Waals surface area (Å²) < 4.78 is 5.41. The molecule has 27 heavy (non-hydrogen) atoms. The average Bonchev–Trinajstić information content (AvgIpc) is 3.23. The van der Waals surface area contributed by atoms with Gasteiger partial charge in [0, 0.05) is 30.7 Å². The lowest BCUT2D eigenvalue weighted by Gasteiger charge is -2.02. The molecule has 0 unspecified atom stereocenters. The number of benzene rings is 1. The Morgan fingerprint density at radius 1 is 1.22 bits per heavy atom. The van der Waals surface area contributed by atoms with Gasteiger partial charge < -0.3 is 14.9 Å². The Bertz CT molecular complexity index is 903. The van der Waals surface area contributed by atoms with Gasteiger partial charge in [0.1, 0.15) is 16.3 Å². The fourth-order valence-electron chi connectivity index (χ4n) is 2.87. The molecule has 0 radical (unpaired) electrons. The maximum Gasteiger partial charge on any atom is 0.263 e. The van der Waals surface area contributed by atoms with E-state index in [9.17, 15) is 4.79 Å². The number of carbonyl (C=O) groups is 1. The van der Waals surface area contributed by atoms with Gasteiger partial charge in [-0.15, -0.1) is 11.3 Å². The van der Waals surface area contributed by atoms with Crippen LogP contribution in [0.5, 0.6) is 0 Å². The molecule has 3 rings (SSSR count). The number of hydrogen-bond acceptors (Lipinski definition) is 6. The summed E-state index contributed by atoms with van der Waals surface area (Å²) in [6.07, 6.45) is 2.01. The Morgan fingerprint density at radius 3 is 2.74 bits per heavy atom. The molecule has 0 saturated heterocycles. The molecular weight excluding hydrogens is 362 g/mol. The van der Waals surface area contributed by atoms with E-state index in [0.717, 1.165) is 46.1 Å². The summed E-state index contributed by atoms with van der Waals surface area (Å²) in [5, 5.41) is 16.8. The number of carbonyl (C=O) groups excluding carboxylic acids is 1. The van der Waals surface area contributed by atoms with Crippen molar-refractivity contribution >= 4 is 17.2 Å². The van der Waals surface area contributed by atoms with Gasteiger partial charge in [-0.3, -0.25) is 4.79 Å². The van der Waals surface area contributed by atoms with Gasteiger partial charge in [-0.2, -0.15) is 0 Å². The van der Waals surface area contributed by atoms with Crippen LogP contribution in [0.3, 0.4) is 0 Å². The maximum atomic E-state index is 12.2. The number of aliphatic hydroxyl groups excluding tert-OH is 1. The van der Waals surface area contributed by atoms with Crippen molar-refractivity contribution in [3.05, 3.63) is 57.2 Å². The molecule has 0 saturated carbocycles. The zero-order chi connectivity index (χ0) is 19.2. The molecule has 0 aliphatic rings. The van der Waals surface area contributed by atoms with E-state index in [4.69, 9.17) is 9.63 Å². The summed E-state index contributed by atoms with van der Waals surface area (Å²) in [7, 11) is 0. The third kappa shape index (κ3) is 4.61. The number of amides is 1. The second kappa shape index (κ2) is 8.92. The molecule has 7 heteroatoms. The van der Waals surface area contributed by atoms with Crippen LogP contribution in [-0.4, -0.2) is 34.3 Å². The molecule has 0 aliphatic carbocycles. The molecule has 1 aromatic carbocycles. The SMILES string of the molecule is Cc1nc(CCc2c(-c3ccccc3)noc2C)sc1C(=O)NCCCO. The molecule has 2 heterocycles. The Morgan fingerprint density at radius 2 is 2.00 bits per heavy atom. The summed E-state index contributed by atoms with van der Waals surface area (Å²) in [5.74, 6) is 0.680. The van der Waals surface area contributed by atoms with Crippen molar-refractivity contribution < 1.29 is 14.4 Å². The van der Waals surface area contributed by atoms with Crippen molar-refractivity contribution in [3.8, 4) is 11.3 Å². The smallest absolute Gasteiger partial charge is 0.263 e. The Kier molecular flexibility index (Phi) is 6.36. The first-order valence-electron chi connectivity index (χ1n) is 8.96. The highest BCUT2D eigenvalue weighted by Crippen LogP contribution is 2.27. The molecule has 2 N–H and O–H groups in total. The highest BCUT2D eigenvalue weighted by atomic mass is 32.1. The normalized spacial score (nSPS) is 10.9. The Labute approximate surface area is 162 Å². The number of aryl methyl sites for hydroxylation is 3. The molecule has 3 aromatic rings. The van der Waals surface area contributed by atoms with Crippen LogP contribution in [0.2, 0.25) is 0 Å². The predicted molar refractivity (Wildman–Crippen MR) is 105 cm³/mol. The average molecular weight is 385 g/mol. The first kappa shape index (κ1) is 19.3. The molecule has 0 atom stereocenters. The van der Waals surface area contributed by atoms with E-state index >= 15 is 0 Å². The molecule has 0 bridgehead atoms. The van der Waals surface area contributed by atoms with E-state index < -0.39 is 0 Å². The van der Waals surface area contributed by atoms with Crippen molar-refractivity contribution in [2.24, 2.45) is 0 Å². The lowest BCUT2D eigenvalue weighted by molar-refractivity contribution is 0.0954. The van der Waals surface area contributed by atoms with Gasteiger partial charge in [-0.1, -0.05) is 35.5 Å². The van der Waals surface area contributed by atoms with Gasteiger partial charge in [-0.25, -0.2) is 4.98 Å². The van der Waals surface area contributed by atoms with Gasteiger partial charge in [0.15, 0.2) is 0 Å². The number of thiazole rings is 1. The van der Waals surface area contributed by atoms with E-state index in [1.54, 1.807) is 0 Å². The number of hydrogen-bond donors (Lipinski definition) is 2. The highest BCUT2D eigenvalue weighted by molar-refractivity contribution is 7.13. The zero-order valence-corrected chi connectivity index (χ0v) is 16.3. The van der Waals surface area contributed by atoms with Crippen molar-refractivity contribution in [3.63, 3.8) is 0 Å². The number of nitrogens with one attached hydrogen (secondary N) is 1. The minimum atomic E-state index is -0.129. The maximum absolute atomic E-state index is 12.2. The van der Waals surface area contributed by atoms with E-state index in [1.165, 1.54) is 11.3 Å². The van der Waals surface area contributed by atoms with Crippen molar-refractivity contribution in [1.82, 2.24) is 15.5 Å². The molecule has 0 spiro atoms. The van der Waals surface area contributed by atoms with Gasteiger partial charge >= 0.3 is 0 Å². The fraction of sp³-hybridized carbons (Fsp3) is 0.350. The van der Waals surface area contributed by atoms with Gasteiger partial charge in [0.2, 0.25) is 0 Å². The predicted octanol–water partition coefficient (Wildman–Crippen LogP) is 3.31. The van der Waals surface area contributed by atoms with Crippen molar-refractivity contribution in [1.29, 1.82) is 0 Å². The van der Waals surface area contributed by atoms with Crippen LogP contribution < -0.4 is 5.32 Å².